The molecule has 1 aromatic rings. The molecule has 0 atom stereocenters. The maximum absolute atomic E-state index is 6.27. The van der Waals surface area contributed by atoms with Crippen LogP contribution in [0.1, 0.15) is 58.4 Å². The summed E-state index contributed by atoms with van der Waals surface area (Å²) in [5.41, 5.74) is 1.77. The Balaban J connectivity index is 2.10. The van der Waals surface area contributed by atoms with Crippen molar-refractivity contribution in [2.75, 3.05) is 11.9 Å². The van der Waals surface area contributed by atoms with Gasteiger partial charge in [-0.2, -0.15) is 0 Å². The molecule has 0 spiro atoms. The van der Waals surface area contributed by atoms with Crippen LogP contribution in [0.15, 0.2) is 24.3 Å². The Morgan fingerprint density at radius 2 is 1.75 bits per heavy atom. The molecular weight excluding hydrogens is 312 g/mol. The monoisotopic (exact) mass is 338 g/mol. The van der Waals surface area contributed by atoms with Gasteiger partial charge in [0, 0.05) is 10.7 Å². The number of benzene rings is 1. The third-order valence-corrected chi connectivity index (χ3v) is 5.62. The second-order valence-corrected chi connectivity index (χ2v) is 7.79. The fourth-order valence-corrected chi connectivity index (χ4v) is 3.78. The summed E-state index contributed by atoms with van der Waals surface area (Å²) in [7, 11) is 0. The first-order valence-electron chi connectivity index (χ1n) is 7.75. The van der Waals surface area contributed by atoms with E-state index in [1.54, 1.807) is 0 Å². The molecule has 0 aromatic heterocycles. The Bertz CT molecular complexity index is 427. The van der Waals surface area contributed by atoms with Crippen molar-refractivity contribution < 1.29 is 4.74 Å². The topological polar surface area (TPSA) is 9.23 Å². The van der Waals surface area contributed by atoms with Crippen LogP contribution in [-0.2, 0) is 5.41 Å². The van der Waals surface area contributed by atoms with Crippen LogP contribution >= 0.6 is 15.9 Å². The molecular formula is C18H27BrO. The summed E-state index contributed by atoms with van der Waals surface area (Å²) >= 11 is 3.72. The van der Waals surface area contributed by atoms with E-state index in [0.717, 1.165) is 17.7 Å². The van der Waals surface area contributed by atoms with Gasteiger partial charge in [-0.1, -0.05) is 74.2 Å². The van der Waals surface area contributed by atoms with E-state index in [1.807, 2.05) is 0 Å². The molecule has 0 saturated heterocycles. The van der Waals surface area contributed by atoms with Gasteiger partial charge in [0.1, 0.15) is 5.75 Å². The van der Waals surface area contributed by atoms with Gasteiger partial charge in [-0.3, -0.25) is 0 Å². The SMILES string of the molecule is CC(C)(C)c1ccccc1OCC1(CBr)CCCCC1. The Hall–Kier alpha value is -0.500. The highest BCUT2D eigenvalue weighted by Gasteiger charge is 2.32. The number of hydrogen-bond acceptors (Lipinski definition) is 1. The van der Waals surface area contributed by atoms with Gasteiger partial charge in [-0.25, -0.2) is 0 Å². The van der Waals surface area contributed by atoms with Gasteiger partial charge in [0.05, 0.1) is 6.61 Å². The third-order valence-electron chi connectivity index (χ3n) is 4.43. The normalized spacial score (nSPS) is 18.8. The van der Waals surface area contributed by atoms with Gasteiger partial charge in [0.15, 0.2) is 0 Å². The van der Waals surface area contributed by atoms with Gasteiger partial charge in [-0.05, 0) is 29.9 Å². The van der Waals surface area contributed by atoms with E-state index >= 15 is 0 Å². The van der Waals surface area contributed by atoms with Gasteiger partial charge < -0.3 is 4.74 Å². The molecule has 20 heavy (non-hydrogen) atoms. The first kappa shape index (κ1) is 15.9. The summed E-state index contributed by atoms with van der Waals surface area (Å²) in [6, 6.07) is 8.49. The average molecular weight is 339 g/mol. The van der Waals surface area contributed by atoms with E-state index in [1.165, 1.54) is 37.7 Å². The van der Waals surface area contributed by atoms with Crippen molar-refractivity contribution in [1.29, 1.82) is 0 Å². The summed E-state index contributed by atoms with van der Waals surface area (Å²) in [4.78, 5) is 0. The summed E-state index contributed by atoms with van der Waals surface area (Å²) in [5, 5.41) is 1.05. The second kappa shape index (κ2) is 6.51. The smallest absolute Gasteiger partial charge is 0.123 e. The van der Waals surface area contributed by atoms with Gasteiger partial charge in [0.2, 0.25) is 0 Å². The lowest BCUT2D eigenvalue weighted by molar-refractivity contribution is 0.120. The van der Waals surface area contributed by atoms with Gasteiger partial charge in [0.25, 0.3) is 0 Å². The van der Waals surface area contributed by atoms with Crippen molar-refractivity contribution in [3.8, 4) is 5.75 Å². The average Bonchev–Trinajstić information content (AvgIpc) is 2.45. The van der Waals surface area contributed by atoms with Gasteiger partial charge in [-0.15, -0.1) is 0 Å². The first-order valence-corrected chi connectivity index (χ1v) is 8.87. The number of para-hydroxylation sites is 1. The predicted molar refractivity (Wildman–Crippen MR) is 89.9 cm³/mol. The summed E-state index contributed by atoms with van der Waals surface area (Å²) < 4.78 is 6.27. The highest BCUT2D eigenvalue weighted by atomic mass is 79.9. The quantitative estimate of drug-likeness (QED) is 0.639. The minimum atomic E-state index is 0.130. The Labute approximate surface area is 132 Å². The number of ether oxygens (including phenoxy) is 1. The standard InChI is InChI=1S/C18H27BrO/c1-17(2,3)15-9-5-6-10-16(15)20-14-18(13-19)11-7-4-8-12-18/h5-6,9-10H,4,7-8,11-14H2,1-3H3. The molecule has 112 valence electrons. The molecule has 1 nitrogen and oxygen atoms in total. The zero-order chi connectivity index (χ0) is 14.6. The molecule has 2 rings (SSSR count). The summed E-state index contributed by atoms with van der Waals surface area (Å²) in [5.74, 6) is 1.06. The molecule has 1 fully saturated rings. The van der Waals surface area contributed by atoms with Crippen LogP contribution < -0.4 is 4.74 Å². The van der Waals surface area contributed by atoms with E-state index in [-0.39, 0.29) is 5.41 Å². The number of alkyl halides is 1. The molecule has 0 aliphatic heterocycles. The van der Waals surface area contributed by atoms with Crippen LogP contribution in [0.2, 0.25) is 0 Å². The molecule has 0 N–H and O–H groups in total. The lowest BCUT2D eigenvalue weighted by atomic mass is 9.76. The lowest BCUT2D eigenvalue weighted by Crippen LogP contribution is -2.33. The maximum atomic E-state index is 6.27. The zero-order valence-corrected chi connectivity index (χ0v) is 14.6. The Kier molecular flexibility index (Phi) is 5.17. The van der Waals surface area contributed by atoms with Crippen LogP contribution in [0, 0.1) is 5.41 Å². The highest BCUT2D eigenvalue weighted by Crippen LogP contribution is 2.39. The van der Waals surface area contributed by atoms with Crippen LogP contribution in [0.25, 0.3) is 0 Å². The van der Waals surface area contributed by atoms with Crippen molar-refractivity contribution in [3.63, 3.8) is 0 Å². The Morgan fingerprint density at radius 1 is 1.10 bits per heavy atom. The fraction of sp³-hybridized carbons (Fsp3) is 0.667. The number of hydrogen-bond donors (Lipinski definition) is 0. The minimum absolute atomic E-state index is 0.130. The molecule has 1 aromatic carbocycles. The zero-order valence-electron chi connectivity index (χ0n) is 13.0. The van der Waals surface area contributed by atoms with Crippen molar-refractivity contribution in [3.05, 3.63) is 29.8 Å². The van der Waals surface area contributed by atoms with Crippen molar-refractivity contribution in [1.82, 2.24) is 0 Å². The minimum Gasteiger partial charge on any atom is -0.493 e. The molecule has 0 radical (unpaired) electrons. The molecule has 1 saturated carbocycles. The van der Waals surface area contributed by atoms with Crippen molar-refractivity contribution in [2.24, 2.45) is 5.41 Å². The summed E-state index contributed by atoms with van der Waals surface area (Å²) in [6.45, 7) is 7.58. The van der Waals surface area contributed by atoms with Crippen LogP contribution in [0.5, 0.6) is 5.75 Å². The molecule has 0 heterocycles. The second-order valence-electron chi connectivity index (χ2n) is 7.23. The fourth-order valence-electron chi connectivity index (χ4n) is 3.06. The molecule has 1 aliphatic carbocycles. The van der Waals surface area contributed by atoms with Crippen LogP contribution in [-0.4, -0.2) is 11.9 Å². The Morgan fingerprint density at radius 3 is 2.35 bits per heavy atom. The maximum Gasteiger partial charge on any atom is 0.123 e. The molecule has 0 amide bonds. The third kappa shape index (κ3) is 3.78. The predicted octanol–water partition coefficient (Wildman–Crippen LogP) is 5.71. The van der Waals surface area contributed by atoms with Gasteiger partial charge >= 0.3 is 0 Å². The van der Waals surface area contributed by atoms with Crippen LogP contribution in [0.3, 0.4) is 0 Å². The van der Waals surface area contributed by atoms with E-state index in [4.69, 9.17) is 4.74 Å². The summed E-state index contributed by atoms with van der Waals surface area (Å²) in [6.07, 6.45) is 6.64. The highest BCUT2D eigenvalue weighted by molar-refractivity contribution is 9.09. The van der Waals surface area contributed by atoms with Crippen molar-refractivity contribution in [2.45, 2.75) is 58.3 Å². The lowest BCUT2D eigenvalue weighted by Gasteiger charge is -2.36. The van der Waals surface area contributed by atoms with E-state index in [0.29, 0.717) is 5.41 Å². The first-order chi connectivity index (χ1) is 9.47. The molecule has 0 bridgehead atoms. The molecule has 0 unspecified atom stereocenters. The number of rotatable bonds is 4. The van der Waals surface area contributed by atoms with E-state index in [2.05, 4.69) is 61.0 Å². The number of halogens is 1. The van der Waals surface area contributed by atoms with E-state index < -0.39 is 0 Å². The largest absolute Gasteiger partial charge is 0.493 e. The van der Waals surface area contributed by atoms with Crippen molar-refractivity contribution >= 4 is 15.9 Å². The molecule has 1 aliphatic rings. The van der Waals surface area contributed by atoms with Crippen LogP contribution in [0.4, 0.5) is 0 Å². The molecule has 2 heteroatoms. The van der Waals surface area contributed by atoms with E-state index in [9.17, 15) is 0 Å².